The molecule has 5 nitrogen and oxygen atoms in total. The predicted molar refractivity (Wildman–Crippen MR) is 97.0 cm³/mol. The summed E-state index contributed by atoms with van der Waals surface area (Å²) >= 11 is 0. The van der Waals surface area contributed by atoms with Gasteiger partial charge in [-0.25, -0.2) is 8.78 Å². The van der Waals surface area contributed by atoms with Crippen LogP contribution in [0.3, 0.4) is 0 Å². The Kier molecular flexibility index (Phi) is 7.28. The van der Waals surface area contributed by atoms with Crippen LogP contribution in [0.5, 0.6) is 5.75 Å². The molecule has 0 saturated carbocycles. The Morgan fingerprint density at radius 3 is 2.11 bits per heavy atom. The van der Waals surface area contributed by atoms with Gasteiger partial charge in [-0.05, 0) is 48.4 Å². The summed E-state index contributed by atoms with van der Waals surface area (Å²) in [5, 5.41) is 2.55. The lowest BCUT2D eigenvalue weighted by atomic mass is 10.1. The molecule has 0 aromatic heterocycles. The third kappa shape index (κ3) is 5.77. The van der Waals surface area contributed by atoms with Crippen molar-refractivity contribution in [2.75, 3.05) is 13.7 Å². The summed E-state index contributed by atoms with van der Waals surface area (Å²) in [6.45, 7) is 1.63. The van der Waals surface area contributed by atoms with Gasteiger partial charge in [-0.15, -0.1) is 0 Å². The molecule has 0 spiro atoms. The van der Waals surface area contributed by atoms with Gasteiger partial charge >= 0.3 is 0 Å². The van der Waals surface area contributed by atoms with E-state index < -0.39 is 17.8 Å². The van der Waals surface area contributed by atoms with Crippen molar-refractivity contribution in [1.29, 1.82) is 0 Å². The molecule has 2 aromatic rings. The Bertz CT molecular complexity index is 764. The van der Waals surface area contributed by atoms with Gasteiger partial charge in [0.1, 0.15) is 23.4 Å². The van der Waals surface area contributed by atoms with Crippen molar-refractivity contribution >= 4 is 11.8 Å². The van der Waals surface area contributed by atoms with E-state index in [4.69, 9.17) is 4.74 Å². The Morgan fingerprint density at radius 1 is 1.04 bits per heavy atom. The SMILES string of the molecule is CC[C@@H](C(=O)NC)N(Cc1ccc(F)cc1)C(=O)COc1ccc(F)cc1. The number of hydrogen-bond donors (Lipinski definition) is 1. The molecule has 0 aliphatic heterocycles. The molecule has 0 heterocycles. The molecule has 27 heavy (non-hydrogen) atoms. The number of amides is 2. The predicted octanol–water partition coefficient (Wildman–Crippen LogP) is 2.90. The zero-order valence-corrected chi connectivity index (χ0v) is 15.2. The van der Waals surface area contributed by atoms with Crippen LogP contribution in [0.2, 0.25) is 0 Å². The number of benzene rings is 2. The highest BCUT2D eigenvalue weighted by Crippen LogP contribution is 2.15. The minimum atomic E-state index is -0.690. The van der Waals surface area contributed by atoms with E-state index >= 15 is 0 Å². The fraction of sp³-hybridized carbons (Fsp3) is 0.300. The van der Waals surface area contributed by atoms with Gasteiger partial charge in [-0.1, -0.05) is 19.1 Å². The number of carbonyl (C=O) groups is 2. The summed E-state index contributed by atoms with van der Waals surface area (Å²) in [4.78, 5) is 26.3. The topological polar surface area (TPSA) is 58.6 Å². The molecular formula is C20H22F2N2O3. The van der Waals surface area contributed by atoms with E-state index in [1.54, 1.807) is 19.1 Å². The standard InChI is InChI=1S/C20H22F2N2O3/c1-3-18(20(26)23-2)24(12-14-4-6-15(21)7-5-14)19(25)13-27-17-10-8-16(22)9-11-17/h4-11,18H,3,12-13H2,1-2H3,(H,23,26)/t18-/m0/s1. The average Bonchev–Trinajstić information content (AvgIpc) is 2.68. The zero-order valence-electron chi connectivity index (χ0n) is 15.2. The third-order valence-electron chi connectivity index (χ3n) is 4.07. The number of nitrogens with one attached hydrogen (secondary N) is 1. The van der Waals surface area contributed by atoms with Gasteiger partial charge < -0.3 is 15.0 Å². The van der Waals surface area contributed by atoms with Gasteiger partial charge in [-0.2, -0.15) is 0 Å². The first-order valence-electron chi connectivity index (χ1n) is 8.58. The van der Waals surface area contributed by atoms with Gasteiger partial charge in [0.2, 0.25) is 5.91 Å². The Labute approximate surface area is 156 Å². The number of nitrogens with zero attached hydrogens (tertiary/aromatic N) is 1. The number of hydrogen-bond acceptors (Lipinski definition) is 3. The summed E-state index contributed by atoms with van der Waals surface area (Å²) in [6, 6.07) is 10.3. The summed E-state index contributed by atoms with van der Waals surface area (Å²) < 4.78 is 31.5. The molecule has 2 rings (SSSR count). The largest absolute Gasteiger partial charge is 0.484 e. The minimum absolute atomic E-state index is 0.137. The maximum Gasteiger partial charge on any atom is 0.261 e. The maximum atomic E-state index is 13.1. The van der Waals surface area contributed by atoms with Crippen LogP contribution >= 0.6 is 0 Å². The van der Waals surface area contributed by atoms with Crippen molar-refractivity contribution in [3.8, 4) is 5.75 Å². The molecule has 7 heteroatoms. The maximum absolute atomic E-state index is 13.1. The van der Waals surface area contributed by atoms with Crippen LogP contribution in [0.4, 0.5) is 8.78 Å². The van der Waals surface area contributed by atoms with Crippen LogP contribution in [0.15, 0.2) is 48.5 Å². The fourth-order valence-electron chi connectivity index (χ4n) is 2.63. The highest BCUT2D eigenvalue weighted by Gasteiger charge is 2.28. The van der Waals surface area contributed by atoms with E-state index in [2.05, 4.69) is 5.32 Å². The first-order chi connectivity index (χ1) is 12.9. The summed E-state index contributed by atoms with van der Waals surface area (Å²) in [5.74, 6) is -1.14. The molecule has 0 fully saturated rings. The van der Waals surface area contributed by atoms with Crippen molar-refractivity contribution in [2.45, 2.75) is 25.9 Å². The number of ether oxygens (including phenoxy) is 1. The van der Waals surface area contributed by atoms with E-state index in [-0.39, 0.29) is 24.9 Å². The van der Waals surface area contributed by atoms with E-state index in [1.807, 2.05) is 0 Å². The average molecular weight is 376 g/mol. The lowest BCUT2D eigenvalue weighted by Crippen LogP contribution is -2.49. The molecule has 0 radical (unpaired) electrons. The molecule has 0 aliphatic rings. The van der Waals surface area contributed by atoms with Crippen LogP contribution in [-0.4, -0.2) is 36.4 Å². The zero-order chi connectivity index (χ0) is 19.8. The minimum Gasteiger partial charge on any atom is -0.484 e. The van der Waals surface area contributed by atoms with E-state index in [0.29, 0.717) is 17.7 Å². The smallest absolute Gasteiger partial charge is 0.261 e. The first-order valence-corrected chi connectivity index (χ1v) is 8.58. The van der Waals surface area contributed by atoms with Crippen molar-refractivity contribution in [1.82, 2.24) is 10.2 Å². The lowest BCUT2D eigenvalue weighted by Gasteiger charge is -2.30. The molecule has 0 unspecified atom stereocenters. The highest BCUT2D eigenvalue weighted by atomic mass is 19.1. The van der Waals surface area contributed by atoms with E-state index in [9.17, 15) is 18.4 Å². The molecule has 144 valence electrons. The Hall–Kier alpha value is -2.96. The fourth-order valence-corrected chi connectivity index (χ4v) is 2.63. The third-order valence-corrected chi connectivity index (χ3v) is 4.07. The highest BCUT2D eigenvalue weighted by molar-refractivity contribution is 5.88. The second kappa shape index (κ2) is 9.66. The monoisotopic (exact) mass is 376 g/mol. The summed E-state index contributed by atoms with van der Waals surface area (Å²) in [7, 11) is 1.50. The van der Waals surface area contributed by atoms with E-state index in [1.165, 1.54) is 48.3 Å². The summed E-state index contributed by atoms with van der Waals surface area (Å²) in [6.07, 6.45) is 0.406. The Morgan fingerprint density at radius 2 is 1.59 bits per heavy atom. The molecule has 1 atom stereocenters. The Balaban J connectivity index is 2.15. The van der Waals surface area contributed by atoms with Crippen LogP contribution in [-0.2, 0) is 16.1 Å². The van der Waals surface area contributed by atoms with Gasteiger partial charge in [-0.3, -0.25) is 9.59 Å². The van der Waals surface area contributed by atoms with Crippen LogP contribution in [0.1, 0.15) is 18.9 Å². The molecule has 2 aromatic carbocycles. The van der Waals surface area contributed by atoms with Crippen molar-refractivity contribution < 1.29 is 23.1 Å². The van der Waals surface area contributed by atoms with Gasteiger partial charge in [0.05, 0.1) is 0 Å². The first kappa shape index (κ1) is 20.4. The molecular weight excluding hydrogens is 354 g/mol. The summed E-state index contributed by atoms with van der Waals surface area (Å²) in [5.41, 5.74) is 0.689. The van der Waals surface area contributed by atoms with Crippen molar-refractivity contribution in [2.24, 2.45) is 0 Å². The molecule has 1 N–H and O–H groups in total. The van der Waals surface area contributed by atoms with Crippen LogP contribution in [0.25, 0.3) is 0 Å². The molecule has 2 amide bonds. The van der Waals surface area contributed by atoms with Crippen LogP contribution < -0.4 is 10.1 Å². The van der Waals surface area contributed by atoms with Crippen molar-refractivity contribution in [3.05, 3.63) is 65.7 Å². The number of likely N-dealkylation sites (N-methyl/N-ethyl adjacent to an activating group) is 1. The quantitative estimate of drug-likeness (QED) is 0.771. The second-order valence-corrected chi connectivity index (χ2v) is 5.93. The second-order valence-electron chi connectivity index (χ2n) is 5.93. The molecule has 0 aliphatic carbocycles. The van der Waals surface area contributed by atoms with Gasteiger partial charge in [0, 0.05) is 13.6 Å². The van der Waals surface area contributed by atoms with E-state index in [0.717, 1.165) is 0 Å². The number of halogens is 2. The van der Waals surface area contributed by atoms with Crippen molar-refractivity contribution in [3.63, 3.8) is 0 Å². The number of carbonyl (C=O) groups excluding carboxylic acids is 2. The van der Waals surface area contributed by atoms with Gasteiger partial charge in [0.15, 0.2) is 6.61 Å². The molecule has 0 bridgehead atoms. The lowest BCUT2D eigenvalue weighted by molar-refractivity contribution is -0.142. The van der Waals surface area contributed by atoms with Crippen LogP contribution in [0, 0.1) is 11.6 Å². The number of rotatable bonds is 8. The molecule has 0 saturated heterocycles. The normalized spacial score (nSPS) is 11.6. The van der Waals surface area contributed by atoms with Gasteiger partial charge in [0.25, 0.3) is 5.91 Å².